The lowest BCUT2D eigenvalue weighted by atomic mass is 10.2. The van der Waals surface area contributed by atoms with Crippen molar-refractivity contribution < 1.29 is 4.74 Å². The van der Waals surface area contributed by atoms with Crippen LogP contribution in [-0.2, 0) is 13.1 Å². The molecule has 2 aromatic rings. The summed E-state index contributed by atoms with van der Waals surface area (Å²) in [6.45, 7) is 8.29. The van der Waals surface area contributed by atoms with Gasteiger partial charge in [0.05, 0.1) is 25.9 Å². The van der Waals surface area contributed by atoms with E-state index in [4.69, 9.17) is 16.3 Å². The van der Waals surface area contributed by atoms with Crippen molar-refractivity contribution in [2.45, 2.75) is 39.8 Å². The molecule has 5 nitrogen and oxygen atoms in total. The Labute approximate surface area is 181 Å². The third kappa shape index (κ3) is 6.92. The van der Waals surface area contributed by atoms with Crippen molar-refractivity contribution in [1.82, 2.24) is 15.6 Å². The topological polar surface area (TPSA) is 58.5 Å². The first-order valence-electron chi connectivity index (χ1n) is 8.32. The number of nitrogens with one attached hydrogen (secondary N) is 2. The van der Waals surface area contributed by atoms with Crippen LogP contribution in [0.5, 0.6) is 5.75 Å². The Kier molecular flexibility index (Phi) is 10.3. The number of ether oxygens (including phenoxy) is 1. The average molecular weight is 509 g/mol. The Morgan fingerprint density at radius 3 is 2.73 bits per heavy atom. The third-order valence-corrected chi connectivity index (χ3v) is 4.67. The average Bonchev–Trinajstić information content (AvgIpc) is 3.07. The Hall–Kier alpha value is -1.06. The molecule has 1 aromatic heterocycles. The highest BCUT2D eigenvalue weighted by molar-refractivity contribution is 14.0. The molecule has 0 unspecified atom stereocenters. The van der Waals surface area contributed by atoms with E-state index in [1.165, 1.54) is 0 Å². The fraction of sp³-hybridized carbons (Fsp3) is 0.444. The number of benzene rings is 1. The monoisotopic (exact) mass is 508 g/mol. The van der Waals surface area contributed by atoms with E-state index in [1.54, 1.807) is 24.5 Å². The van der Waals surface area contributed by atoms with Gasteiger partial charge in [-0.05, 0) is 25.0 Å². The van der Waals surface area contributed by atoms with Gasteiger partial charge in [0.1, 0.15) is 10.8 Å². The second-order valence-electron chi connectivity index (χ2n) is 5.83. The summed E-state index contributed by atoms with van der Waals surface area (Å²) in [5.41, 5.74) is 2.12. The maximum atomic E-state index is 6.00. The van der Waals surface area contributed by atoms with Crippen molar-refractivity contribution in [1.29, 1.82) is 0 Å². The van der Waals surface area contributed by atoms with Gasteiger partial charge in [-0.3, -0.25) is 0 Å². The molecule has 0 aliphatic heterocycles. The van der Waals surface area contributed by atoms with Crippen molar-refractivity contribution in [2.75, 3.05) is 13.7 Å². The smallest absolute Gasteiger partial charge is 0.191 e. The molecule has 144 valence electrons. The molecule has 0 bridgehead atoms. The van der Waals surface area contributed by atoms with Gasteiger partial charge in [-0.1, -0.05) is 31.5 Å². The maximum absolute atomic E-state index is 6.00. The molecule has 0 atom stereocenters. The van der Waals surface area contributed by atoms with Crippen LogP contribution in [0, 0.1) is 0 Å². The van der Waals surface area contributed by atoms with Crippen LogP contribution >= 0.6 is 46.9 Å². The minimum absolute atomic E-state index is 0. The number of thiazole rings is 1. The predicted octanol–water partition coefficient (Wildman–Crippen LogP) is 4.80. The first kappa shape index (κ1) is 23.0. The lowest BCUT2D eigenvalue weighted by Crippen LogP contribution is -2.36. The molecule has 2 N–H and O–H groups in total. The van der Waals surface area contributed by atoms with Crippen molar-refractivity contribution >= 4 is 52.9 Å². The number of methoxy groups -OCH3 is 1. The third-order valence-electron chi connectivity index (χ3n) is 3.57. The van der Waals surface area contributed by atoms with Crippen LogP contribution in [0.3, 0.4) is 0 Å². The summed E-state index contributed by atoms with van der Waals surface area (Å²) in [6, 6.07) is 5.58. The molecule has 0 fully saturated rings. The van der Waals surface area contributed by atoms with Gasteiger partial charge in [-0.15, -0.1) is 35.3 Å². The van der Waals surface area contributed by atoms with Crippen molar-refractivity contribution in [2.24, 2.45) is 4.99 Å². The number of aromatic nitrogens is 1. The van der Waals surface area contributed by atoms with Crippen LogP contribution in [0.2, 0.25) is 5.02 Å². The van der Waals surface area contributed by atoms with Gasteiger partial charge in [0.15, 0.2) is 5.96 Å². The molecule has 0 spiro atoms. The molecule has 26 heavy (non-hydrogen) atoms. The molecule has 0 aliphatic rings. The van der Waals surface area contributed by atoms with E-state index in [0.717, 1.165) is 34.5 Å². The SMILES string of the molecule is CCNC(=NCc1ccc(Cl)cc1OC)NCc1nc(C(C)C)cs1.I. The summed E-state index contributed by atoms with van der Waals surface area (Å²) in [4.78, 5) is 9.26. The van der Waals surface area contributed by atoms with Gasteiger partial charge >= 0.3 is 0 Å². The second-order valence-corrected chi connectivity index (χ2v) is 7.20. The molecule has 0 radical (unpaired) electrons. The van der Waals surface area contributed by atoms with Crippen molar-refractivity contribution in [3.63, 3.8) is 0 Å². The number of hydrogen-bond acceptors (Lipinski definition) is 4. The molecule has 8 heteroatoms. The standard InChI is InChI=1S/C18H25ClN4OS.HI/c1-5-20-18(22-10-17-23-15(11-25-17)12(2)3)21-9-13-6-7-14(19)8-16(13)24-4;/h6-8,11-12H,5,9-10H2,1-4H3,(H2,20,21,22);1H. The van der Waals surface area contributed by atoms with E-state index in [1.807, 2.05) is 19.1 Å². The summed E-state index contributed by atoms with van der Waals surface area (Å²) in [6.07, 6.45) is 0. The lowest BCUT2D eigenvalue weighted by Gasteiger charge is -2.11. The molecular weight excluding hydrogens is 483 g/mol. The fourth-order valence-electron chi connectivity index (χ4n) is 2.19. The quantitative estimate of drug-likeness (QED) is 0.320. The summed E-state index contributed by atoms with van der Waals surface area (Å²) >= 11 is 7.67. The first-order valence-corrected chi connectivity index (χ1v) is 9.58. The van der Waals surface area contributed by atoms with E-state index in [0.29, 0.717) is 24.0 Å². The number of aliphatic imine (C=N–C) groups is 1. The lowest BCUT2D eigenvalue weighted by molar-refractivity contribution is 0.410. The van der Waals surface area contributed by atoms with E-state index in [-0.39, 0.29) is 24.0 Å². The molecule has 0 saturated heterocycles. The predicted molar refractivity (Wildman–Crippen MR) is 121 cm³/mol. The summed E-state index contributed by atoms with van der Waals surface area (Å²) < 4.78 is 5.37. The number of nitrogens with zero attached hydrogens (tertiary/aromatic N) is 2. The molecule has 0 aliphatic carbocycles. The van der Waals surface area contributed by atoms with Gasteiger partial charge in [-0.25, -0.2) is 9.98 Å². The number of halogens is 2. The molecule has 1 aromatic carbocycles. The van der Waals surface area contributed by atoms with E-state index in [2.05, 4.69) is 39.8 Å². The minimum atomic E-state index is 0. The van der Waals surface area contributed by atoms with Crippen molar-refractivity contribution in [3.8, 4) is 5.75 Å². The van der Waals surface area contributed by atoms with E-state index in [9.17, 15) is 0 Å². The Morgan fingerprint density at radius 1 is 1.35 bits per heavy atom. The van der Waals surface area contributed by atoms with Crippen LogP contribution in [-0.4, -0.2) is 24.6 Å². The zero-order valence-electron chi connectivity index (χ0n) is 15.5. The zero-order chi connectivity index (χ0) is 18.2. The van der Waals surface area contributed by atoms with Gasteiger partial charge < -0.3 is 15.4 Å². The van der Waals surface area contributed by atoms with E-state index < -0.39 is 0 Å². The highest BCUT2D eigenvalue weighted by atomic mass is 127. The van der Waals surface area contributed by atoms with E-state index >= 15 is 0 Å². The summed E-state index contributed by atoms with van der Waals surface area (Å²) in [5.74, 6) is 1.94. The van der Waals surface area contributed by atoms with Gasteiger partial charge in [-0.2, -0.15) is 0 Å². The number of guanidine groups is 1. The van der Waals surface area contributed by atoms with Crippen LogP contribution in [0.15, 0.2) is 28.6 Å². The van der Waals surface area contributed by atoms with Gasteiger partial charge in [0, 0.05) is 22.5 Å². The fourth-order valence-corrected chi connectivity index (χ4v) is 3.24. The maximum Gasteiger partial charge on any atom is 0.191 e. The van der Waals surface area contributed by atoms with Crippen LogP contribution in [0.1, 0.15) is 43.0 Å². The van der Waals surface area contributed by atoms with Crippen molar-refractivity contribution in [3.05, 3.63) is 44.9 Å². The second kappa shape index (κ2) is 11.6. The molecule has 0 amide bonds. The number of rotatable bonds is 7. The highest BCUT2D eigenvalue weighted by Gasteiger charge is 2.07. The zero-order valence-corrected chi connectivity index (χ0v) is 19.4. The van der Waals surface area contributed by atoms with Gasteiger partial charge in [0.2, 0.25) is 0 Å². The Morgan fingerprint density at radius 2 is 2.12 bits per heavy atom. The van der Waals surface area contributed by atoms with Crippen LogP contribution in [0.4, 0.5) is 0 Å². The number of hydrogen-bond donors (Lipinski definition) is 2. The molecule has 0 saturated carbocycles. The normalized spacial score (nSPS) is 11.2. The largest absolute Gasteiger partial charge is 0.496 e. The van der Waals surface area contributed by atoms with Crippen LogP contribution in [0.25, 0.3) is 0 Å². The Bertz CT molecular complexity index is 721. The van der Waals surface area contributed by atoms with Crippen LogP contribution < -0.4 is 15.4 Å². The Balaban J connectivity index is 0.00000338. The van der Waals surface area contributed by atoms with Gasteiger partial charge in [0.25, 0.3) is 0 Å². The minimum Gasteiger partial charge on any atom is -0.496 e. The molecular formula is C18H26ClIN4OS. The highest BCUT2D eigenvalue weighted by Crippen LogP contribution is 2.23. The molecule has 1 heterocycles. The summed E-state index contributed by atoms with van der Waals surface area (Å²) in [5, 5.41) is 10.4. The first-order chi connectivity index (χ1) is 12.0. The molecule has 2 rings (SSSR count). The summed E-state index contributed by atoms with van der Waals surface area (Å²) in [7, 11) is 1.64.